The van der Waals surface area contributed by atoms with E-state index in [2.05, 4.69) is 15.3 Å². The van der Waals surface area contributed by atoms with Crippen molar-refractivity contribution in [1.82, 2.24) is 9.97 Å². The third-order valence-electron chi connectivity index (χ3n) is 7.84. The maximum Gasteiger partial charge on any atom is 0.348 e. The Morgan fingerprint density at radius 2 is 1.60 bits per heavy atom. The number of carbonyl (C=O) groups is 2. The van der Waals surface area contributed by atoms with Gasteiger partial charge in [-0.05, 0) is 11.1 Å². The fourth-order valence-electron chi connectivity index (χ4n) is 6.10. The van der Waals surface area contributed by atoms with Gasteiger partial charge in [-0.25, -0.2) is 14.8 Å². The van der Waals surface area contributed by atoms with E-state index >= 15 is 0 Å². The predicted octanol–water partition coefficient (Wildman–Crippen LogP) is 2.48. The van der Waals surface area contributed by atoms with E-state index in [1.54, 1.807) is 24.5 Å². The van der Waals surface area contributed by atoms with E-state index in [4.69, 9.17) is 4.74 Å². The standard InChI is InChI=1S/C27H26N4O4/c32-25(30-19-13-28-17-29-14-19)16-31-11-9-18(10-12-31)24(15-31)35-26(33)27(34)22-7-3-1-5-20(22)21-6-2-4-8-23(21)27/h1-8,13-14,17-18,24,34H,9-12,15-16H2/p+1/t18?,24-,31?/m0/s1. The van der Waals surface area contributed by atoms with Crippen molar-refractivity contribution in [3.8, 4) is 11.1 Å². The molecule has 0 radical (unpaired) electrons. The van der Waals surface area contributed by atoms with Gasteiger partial charge in [-0.15, -0.1) is 0 Å². The Kier molecular flexibility index (Phi) is 5.16. The molecule has 4 heterocycles. The summed E-state index contributed by atoms with van der Waals surface area (Å²) < 4.78 is 6.66. The van der Waals surface area contributed by atoms with Crippen LogP contribution < -0.4 is 5.32 Å². The van der Waals surface area contributed by atoms with Gasteiger partial charge in [0.05, 0.1) is 31.2 Å². The molecule has 1 aliphatic carbocycles. The highest BCUT2D eigenvalue weighted by Gasteiger charge is 2.53. The number of benzene rings is 2. The van der Waals surface area contributed by atoms with Crippen molar-refractivity contribution in [2.75, 3.05) is 31.5 Å². The Balaban J connectivity index is 1.22. The van der Waals surface area contributed by atoms with Crippen LogP contribution in [0, 0.1) is 5.92 Å². The number of rotatable bonds is 5. The second kappa shape index (κ2) is 8.25. The van der Waals surface area contributed by atoms with Gasteiger partial charge >= 0.3 is 5.97 Å². The van der Waals surface area contributed by atoms with E-state index in [1.807, 2.05) is 36.4 Å². The minimum atomic E-state index is -1.84. The van der Waals surface area contributed by atoms with E-state index in [0.717, 1.165) is 37.1 Å². The van der Waals surface area contributed by atoms with E-state index in [1.165, 1.54) is 6.33 Å². The Morgan fingerprint density at radius 3 is 2.23 bits per heavy atom. The summed E-state index contributed by atoms with van der Waals surface area (Å²) >= 11 is 0. The summed E-state index contributed by atoms with van der Waals surface area (Å²) in [6.45, 7) is 2.60. The van der Waals surface area contributed by atoms with Crippen LogP contribution in [0.1, 0.15) is 24.0 Å². The molecule has 178 valence electrons. The molecular formula is C27H27N4O4+. The highest BCUT2D eigenvalue weighted by atomic mass is 16.6. The van der Waals surface area contributed by atoms with Crippen LogP contribution in [-0.4, -0.2) is 63.7 Å². The molecule has 3 aliphatic heterocycles. The third-order valence-corrected chi connectivity index (χ3v) is 7.84. The Morgan fingerprint density at radius 1 is 1.00 bits per heavy atom. The molecule has 35 heavy (non-hydrogen) atoms. The first kappa shape index (κ1) is 21.9. The van der Waals surface area contributed by atoms with Crippen molar-refractivity contribution in [3.63, 3.8) is 0 Å². The molecule has 2 bridgehead atoms. The Hall–Kier alpha value is -3.62. The van der Waals surface area contributed by atoms with Crippen LogP contribution in [0.4, 0.5) is 5.69 Å². The zero-order valence-corrected chi connectivity index (χ0v) is 19.3. The quantitative estimate of drug-likeness (QED) is 0.438. The van der Waals surface area contributed by atoms with Gasteiger partial charge in [0, 0.05) is 29.9 Å². The topological polar surface area (TPSA) is 101 Å². The van der Waals surface area contributed by atoms with E-state index in [-0.39, 0.29) is 17.9 Å². The molecule has 1 aromatic heterocycles. The number of fused-ring (bicyclic) bond motifs is 6. The number of nitrogens with zero attached hydrogens (tertiary/aromatic N) is 3. The average molecular weight is 472 g/mol. The van der Waals surface area contributed by atoms with Crippen LogP contribution in [0.15, 0.2) is 67.3 Å². The zero-order valence-electron chi connectivity index (χ0n) is 19.3. The van der Waals surface area contributed by atoms with Gasteiger partial charge in [0.15, 0.2) is 12.6 Å². The summed E-state index contributed by atoms with van der Waals surface area (Å²) in [5.41, 5.74) is 1.53. The summed E-state index contributed by atoms with van der Waals surface area (Å²) in [7, 11) is 0. The lowest BCUT2D eigenvalue weighted by Gasteiger charge is -2.51. The molecule has 3 saturated heterocycles. The molecule has 1 atom stereocenters. The summed E-state index contributed by atoms with van der Waals surface area (Å²) in [6.07, 6.45) is 5.96. The Bertz CT molecular complexity index is 1240. The lowest BCUT2D eigenvalue weighted by molar-refractivity contribution is -0.939. The average Bonchev–Trinajstić information content (AvgIpc) is 3.15. The monoisotopic (exact) mass is 471 g/mol. The first-order valence-corrected chi connectivity index (χ1v) is 12.0. The van der Waals surface area contributed by atoms with Crippen LogP contribution in [0.2, 0.25) is 0 Å². The van der Waals surface area contributed by atoms with Crippen LogP contribution >= 0.6 is 0 Å². The number of piperidine rings is 3. The molecule has 3 aromatic rings. The fraction of sp³-hybridized carbons (Fsp3) is 0.333. The van der Waals surface area contributed by atoms with Crippen LogP contribution in [0.5, 0.6) is 0 Å². The van der Waals surface area contributed by atoms with Gasteiger partial charge in [-0.3, -0.25) is 4.79 Å². The van der Waals surface area contributed by atoms with Crippen molar-refractivity contribution < 1.29 is 23.9 Å². The molecule has 7 rings (SSSR count). The molecule has 8 heteroatoms. The number of hydrogen-bond acceptors (Lipinski definition) is 6. The van der Waals surface area contributed by atoms with Crippen LogP contribution in [0.3, 0.4) is 0 Å². The number of aliphatic hydroxyl groups is 1. The Labute approximate surface area is 203 Å². The third kappa shape index (κ3) is 3.61. The van der Waals surface area contributed by atoms with Crippen molar-refractivity contribution in [2.24, 2.45) is 5.92 Å². The largest absolute Gasteiger partial charge is 0.453 e. The maximum atomic E-state index is 13.6. The van der Waals surface area contributed by atoms with Crippen molar-refractivity contribution in [2.45, 2.75) is 24.5 Å². The summed E-state index contributed by atoms with van der Waals surface area (Å²) in [5.74, 6) is -0.514. The number of aromatic nitrogens is 2. The van der Waals surface area contributed by atoms with Crippen molar-refractivity contribution in [1.29, 1.82) is 0 Å². The van der Waals surface area contributed by atoms with Gasteiger partial charge in [-0.1, -0.05) is 48.5 Å². The normalized spacial score (nSPS) is 25.4. The van der Waals surface area contributed by atoms with Gasteiger partial charge in [0.25, 0.3) is 5.91 Å². The number of anilines is 1. The number of carbonyl (C=O) groups excluding carboxylic acids is 2. The van der Waals surface area contributed by atoms with E-state index in [9.17, 15) is 14.7 Å². The molecule has 2 aromatic carbocycles. The smallest absolute Gasteiger partial charge is 0.348 e. The number of hydrogen-bond donors (Lipinski definition) is 2. The molecule has 0 spiro atoms. The molecule has 8 nitrogen and oxygen atoms in total. The molecule has 1 amide bonds. The van der Waals surface area contributed by atoms with Crippen LogP contribution in [-0.2, 0) is 19.9 Å². The van der Waals surface area contributed by atoms with Gasteiger partial charge < -0.3 is 19.6 Å². The zero-order chi connectivity index (χ0) is 24.0. The summed E-state index contributed by atoms with van der Waals surface area (Å²) in [4.78, 5) is 34.3. The maximum absolute atomic E-state index is 13.6. The highest BCUT2D eigenvalue weighted by Crippen LogP contribution is 2.48. The highest BCUT2D eigenvalue weighted by molar-refractivity contribution is 5.96. The minimum Gasteiger partial charge on any atom is -0.453 e. The predicted molar refractivity (Wildman–Crippen MR) is 128 cm³/mol. The van der Waals surface area contributed by atoms with E-state index in [0.29, 0.717) is 34.4 Å². The molecule has 4 aliphatic rings. The van der Waals surface area contributed by atoms with Gasteiger partial charge in [0.1, 0.15) is 12.9 Å². The fourth-order valence-corrected chi connectivity index (χ4v) is 6.10. The lowest BCUT2D eigenvalue weighted by Crippen LogP contribution is -2.66. The number of nitrogens with one attached hydrogen (secondary N) is 1. The lowest BCUT2D eigenvalue weighted by atomic mass is 9.82. The first-order chi connectivity index (χ1) is 17.0. The molecule has 2 N–H and O–H groups in total. The summed E-state index contributed by atoms with van der Waals surface area (Å²) in [6, 6.07) is 14.9. The SMILES string of the molecule is O=C(C[N+]12CCC(CC1)[C@@H](OC(=O)C1(O)c3ccccc3-c3ccccc31)C2)Nc1cncnc1. The minimum absolute atomic E-state index is 0.109. The summed E-state index contributed by atoms with van der Waals surface area (Å²) in [5, 5.41) is 14.6. The number of quaternary nitrogens is 1. The number of amides is 1. The van der Waals surface area contributed by atoms with E-state index < -0.39 is 11.6 Å². The number of esters is 1. The number of ether oxygens (including phenoxy) is 1. The molecular weight excluding hydrogens is 444 g/mol. The first-order valence-electron chi connectivity index (χ1n) is 12.0. The second-order valence-electron chi connectivity index (χ2n) is 9.89. The van der Waals surface area contributed by atoms with Gasteiger partial charge in [-0.2, -0.15) is 0 Å². The van der Waals surface area contributed by atoms with Crippen molar-refractivity contribution in [3.05, 3.63) is 78.4 Å². The second-order valence-corrected chi connectivity index (χ2v) is 9.89. The molecule has 3 fully saturated rings. The van der Waals surface area contributed by atoms with Gasteiger partial charge in [0.2, 0.25) is 5.60 Å². The van der Waals surface area contributed by atoms with Crippen molar-refractivity contribution >= 4 is 17.6 Å². The molecule has 0 saturated carbocycles. The molecule has 0 unspecified atom stereocenters. The van der Waals surface area contributed by atoms with Crippen LogP contribution in [0.25, 0.3) is 11.1 Å².